The number of halogens is 6. The molecule has 0 N–H and O–H groups in total. The van der Waals surface area contributed by atoms with Gasteiger partial charge in [0.05, 0.1) is 11.1 Å². The summed E-state index contributed by atoms with van der Waals surface area (Å²) in [6, 6.07) is 24.2. The van der Waals surface area contributed by atoms with Crippen LogP contribution in [0.1, 0.15) is 37.5 Å². The van der Waals surface area contributed by atoms with Crippen LogP contribution in [0.5, 0.6) is 0 Å². The van der Waals surface area contributed by atoms with Gasteiger partial charge >= 0.3 is 12.4 Å². The molecule has 0 saturated heterocycles. The zero-order chi connectivity index (χ0) is 28.6. The summed E-state index contributed by atoms with van der Waals surface area (Å²) in [6.45, 7) is 6.43. The van der Waals surface area contributed by atoms with Crippen molar-refractivity contribution in [3.63, 3.8) is 0 Å². The molecule has 40 heavy (non-hydrogen) atoms. The Balaban J connectivity index is 1.68. The first-order valence-corrected chi connectivity index (χ1v) is 12.8. The number of alkyl halides is 6. The first-order chi connectivity index (χ1) is 18.7. The van der Waals surface area contributed by atoms with Gasteiger partial charge in [-0.15, -0.1) is 0 Å². The minimum absolute atomic E-state index is 0.0821. The molecule has 0 saturated carbocycles. The Morgan fingerprint density at radius 3 is 1.18 bits per heavy atom. The van der Waals surface area contributed by atoms with Crippen molar-refractivity contribution < 1.29 is 26.3 Å². The molecule has 0 bridgehead atoms. The van der Waals surface area contributed by atoms with Crippen LogP contribution in [0.3, 0.4) is 0 Å². The maximum absolute atomic E-state index is 13.3. The second kappa shape index (κ2) is 8.72. The Morgan fingerprint density at radius 1 is 0.425 bits per heavy atom. The van der Waals surface area contributed by atoms with Gasteiger partial charge in [0, 0.05) is 0 Å². The van der Waals surface area contributed by atoms with Crippen molar-refractivity contribution in [1.29, 1.82) is 0 Å². The predicted molar refractivity (Wildman–Crippen MR) is 150 cm³/mol. The van der Waals surface area contributed by atoms with E-state index in [2.05, 4.69) is 32.9 Å². The van der Waals surface area contributed by atoms with Gasteiger partial charge in [-0.25, -0.2) is 0 Å². The molecule has 0 radical (unpaired) electrons. The van der Waals surface area contributed by atoms with Gasteiger partial charge in [-0.05, 0) is 95.9 Å². The highest BCUT2D eigenvalue weighted by molar-refractivity contribution is 6.28. The van der Waals surface area contributed by atoms with Gasteiger partial charge in [0.1, 0.15) is 0 Å². The first-order valence-electron chi connectivity index (χ1n) is 12.8. The van der Waals surface area contributed by atoms with E-state index in [9.17, 15) is 26.3 Å². The lowest BCUT2D eigenvalue weighted by Crippen LogP contribution is -2.10. The third kappa shape index (κ3) is 4.36. The van der Waals surface area contributed by atoms with Crippen molar-refractivity contribution in [2.75, 3.05) is 0 Å². The number of rotatable bonds is 2. The van der Waals surface area contributed by atoms with Crippen LogP contribution in [0.15, 0.2) is 91.0 Å². The maximum Gasteiger partial charge on any atom is 0.416 e. The molecule has 0 aliphatic heterocycles. The molecule has 0 heterocycles. The standard InChI is InChI=1S/C34H24F6/c1-32(2,3)25-16-21-8-14-26-28(19-4-10-23(11-5-19)33(35,36)37)18-29(20-6-12-24(13-7-20)34(38,39)40)27-15-9-22(17-25)30(21)31(26)27/h4-18H,1-3H3. The van der Waals surface area contributed by atoms with Crippen molar-refractivity contribution >= 4 is 32.3 Å². The molecule has 0 nitrogen and oxygen atoms in total. The van der Waals surface area contributed by atoms with Crippen LogP contribution in [0.25, 0.3) is 54.6 Å². The molecule has 0 amide bonds. The van der Waals surface area contributed by atoms with E-state index < -0.39 is 23.5 Å². The third-order valence-corrected chi connectivity index (χ3v) is 7.63. The Bertz CT molecular complexity index is 1740. The molecule has 0 fully saturated rings. The fourth-order valence-electron chi connectivity index (χ4n) is 5.50. The van der Waals surface area contributed by atoms with Crippen LogP contribution < -0.4 is 0 Å². The minimum Gasteiger partial charge on any atom is -0.166 e. The molecule has 6 aromatic rings. The number of benzene rings is 6. The first kappa shape index (κ1) is 26.2. The molecule has 0 unspecified atom stereocenters. The van der Waals surface area contributed by atoms with Gasteiger partial charge in [0.2, 0.25) is 0 Å². The summed E-state index contributed by atoms with van der Waals surface area (Å²) in [5, 5.41) is 5.75. The van der Waals surface area contributed by atoms with Gasteiger partial charge in [0.15, 0.2) is 0 Å². The fourth-order valence-corrected chi connectivity index (χ4v) is 5.50. The van der Waals surface area contributed by atoms with E-state index in [0.717, 1.165) is 56.6 Å². The highest BCUT2D eigenvalue weighted by atomic mass is 19.4. The van der Waals surface area contributed by atoms with Crippen LogP contribution in [0, 0.1) is 0 Å². The van der Waals surface area contributed by atoms with E-state index in [1.807, 2.05) is 30.3 Å². The molecule has 0 atom stereocenters. The topological polar surface area (TPSA) is 0 Å². The van der Waals surface area contributed by atoms with Crippen molar-refractivity contribution in [1.82, 2.24) is 0 Å². The molecule has 6 heteroatoms. The Morgan fingerprint density at radius 2 is 0.825 bits per heavy atom. The quantitative estimate of drug-likeness (QED) is 0.150. The maximum atomic E-state index is 13.3. The molecule has 0 spiro atoms. The van der Waals surface area contributed by atoms with E-state index in [-0.39, 0.29) is 5.41 Å². The number of hydrogen-bond acceptors (Lipinski definition) is 0. The molecule has 0 aliphatic rings. The van der Waals surface area contributed by atoms with E-state index >= 15 is 0 Å². The van der Waals surface area contributed by atoms with Crippen molar-refractivity contribution in [2.45, 2.75) is 38.5 Å². The highest BCUT2D eigenvalue weighted by Crippen LogP contribution is 2.45. The summed E-state index contributed by atoms with van der Waals surface area (Å²) in [5.41, 5.74) is 2.21. The zero-order valence-corrected chi connectivity index (χ0v) is 21.9. The Labute approximate surface area is 227 Å². The fraction of sp³-hybridized carbons (Fsp3) is 0.176. The second-order valence-corrected chi connectivity index (χ2v) is 11.3. The van der Waals surface area contributed by atoms with E-state index in [4.69, 9.17) is 0 Å². The highest BCUT2D eigenvalue weighted by Gasteiger charge is 2.31. The molecule has 0 aliphatic carbocycles. The van der Waals surface area contributed by atoms with Gasteiger partial charge in [-0.1, -0.05) is 81.4 Å². The minimum atomic E-state index is -4.46. The average Bonchev–Trinajstić information content (AvgIpc) is 2.90. The number of hydrogen-bond donors (Lipinski definition) is 0. The Kier molecular flexibility index (Phi) is 5.71. The molecule has 202 valence electrons. The smallest absolute Gasteiger partial charge is 0.166 e. The van der Waals surface area contributed by atoms with Crippen molar-refractivity contribution in [2.24, 2.45) is 0 Å². The van der Waals surface area contributed by atoms with Gasteiger partial charge < -0.3 is 0 Å². The van der Waals surface area contributed by atoms with Gasteiger partial charge in [0.25, 0.3) is 0 Å². The summed E-state index contributed by atoms with van der Waals surface area (Å²) in [5.74, 6) is 0. The monoisotopic (exact) mass is 546 g/mol. The lowest BCUT2D eigenvalue weighted by molar-refractivity contribution is -0.138. The molecule has 6 aromatic carbocycles. The van der Waals surface area contributed by atoms with Gasteiger partial charge in [-0.3, -0.25) is 0 Å². The van der Waals surface area contributed by atoms with Crippen LogP contribution in [-0.4, -0.2) is 0 Å². The van der Waals surface area contributed by atoms with Crippen LogP contribution in [0.2, 0.25) is 0 Å². The summed E-state index contributed by atoms with van der Waals surface area (Å²) in [7, 11) is 0. The lowest BCUT2D eigenvalue weighted by atomic mass is 9.81. The Hall–Kier alpha value is -4.06. The SMILES string of the molecule is CC(C)(C)c1cc2ccc3c(-c4ccc(C(F)(F)F)cc4)cc(-c4ccc(C(F)(F)F)cc4)c4ccc(c1)c2c34. The van der Waals surface area contributed by atoms with Crippen LogP contribution >= 0.6 is 0 Å². The average molecular weight is 547 g/mol. The van der Waals surface area contributed by atoms with Gasteiger partial charge in [-0.2, -0.15) is 26.3 Å². The predicted octanol–water partition coefficient (Wildman–Crippen LogP) is 11.3. The lowest BCUT2D eigenvalue weighted by Gasteiger charge is -2.23. The largest absolute Gasteiger partial charge is 0.416 e. The molecular formula is C34H24F6. The summed E-state index contributed by atoms with van der Waals surface area (Å²) in [4.78, 5) is 0. The molecule has 0 aromatic heterocycles. The molecular weight excluding hydrogens is 522 g/mol. The third-order valence-electron chi connectivity index (χ3n) is 7.63. The summed E-state index contributed by atoms with van der Waals surface area (Å²) >= 11 is 0. The van der Waals surface area contributed by atoms with Crippen LogP contribution in [-0.2, 0) is 17.8 Å². The van der Waals surface area contributed by atoms with E-state index in [0.29, 0.717) is 22.3 Å². The summed E-state index contributed by atoms with van der Waals surface area (Å²) in [6.07, 6.45) is -8.92. The van der Waals surface area contributed by atoms with E-state index in [1.54, 1.807) is 0 Å². The summed E-state index contributed by atoms with van der Waals surface area (Å²) < 4.78 is 79.7. The van der Waals surface area contributed by atoms with Crippen molar-refractivity contribution in [3.05, 3.63) is 108 Å². The van der Waals surface area contributed by atoms with Crippen molar-refractivity contribution in [3.8, 4) is 22.3 Å². The van der Waals surface area contributed by atoms with E-state index in [1.165, 1.54) is 29.8 Å². The van der Waals surface area contributed by atoms with Crippen LogP contribution in [0.4, 0.5) is 26.3 Å². The molecule has 6 rings (SSSR count). The zero-order valence-electron chi connectivity index (χ0n) is 21.9. The second-order valence-electron chi connectivity index (χ2n) is 11.3. The normalized spacial score (nSPS) is 13.1.